The van der Waals surface area contributed by atoms with Crippen LogP contribution in [-0.2, 0) is 0 Å². The van der Waals surface area contributed by atoms with Gasteiger partial charge >= 0.3 is 0 Å². The van der Waals surface area contributed by atoms with Crippen molar-refractivity contribution in [1.29, 1.82) is 0 Å². The summed E-state index contributed by atoms with van der Waals surface area (Å²) in [5.74, 6) is 2.15. The normalized spacial score (nSPS) is 11.8. The Hall–Kier alpha value is -3.67. The average Bonchev–Trinajstić information content (AvgIpc) is 3.41. The van der Waals surface area contributed by atoms with E-state index < -0.39 is 0 Å². The number of hydrogen-bond acceptors (Lipinski definition) is 5. The molecule has 0 aliphatic heterocycles. The third kappa shape index (κ3) is 3.04. The highest BCUT2D eigenvalue weighted by molar-refractivity contribution is 7.26. The van der Waals surface area contributed by atoms with E-state index in [1.807, 2.05) is 29.6 Å². The minimum atomic E-state index is 0.713. The third-order valence-electron chi connectivity index (χ3n) is 6.02. The summed E-state index contributed by atoms with van der Waals surface area (Å²) in [6.07, 6.45) is 0. The molecule has 0 amide bonds. The van der Waals surface area contributed by atoms with Crippen LogP contribution in [0, 0.1) is 6.92 Å². The van der Waals surface area contributed by atoms with Gasteiger partial charge in [-0.25, -0.2) is 15.0 Å². The van der Waals surface area contributed by atoms with Gasteiger partial charge in [0, 0.05) is 51.5 Å². The summed E-state index contributed by atoms with van der Waals surface area (Å²) in [5.41, 5.74) is 2.03. The molecule has 33 heavy (non-hydrogen) atoms. The van der Waals surface area contributed by atoms with Crippen LogP contribution in [0.1, 0.15) is 5.82 Å². The van der Waals surface area contributed by atoms with Gasteiger partial charge in [0.05, 0.1) is 0 Å². The lowest BCUT2D eigenvalue weighted by Gasteiger charge is -2.06. The van der Waals surface area contributed by atoms with Crippen molar-refractivity contribution < 1.29 is 0 Å². The van der Waals surface area contributed by atoms with E-state index in [4.69, 9.17) is 4.98 Å². The van der Waals surface area contributed by atoms with Crippen molar-refractivity contribution in [3.8, 4) is 22.8 Å². The van der Waals surface area contributed by atoms with E-state index in [2.05, 4.69) is 94.9 Å². The van der Waals surface area contributed by atoms with Gasteiger partial charge in [0.15, 0.2) is 11.6 Å². The predicted octanol–water partition coefficient (Wildman–Crippen LogP) is 8.25. The first-order chi connectivity index (χ1) is 16.2. The van der Waals surface area contributed by atoms with Crippen LogP contribution in [0.3, 0.4) is 0 Å². The quantitative estimate of drug-likeness (QED) is 0.261. The molecule has 0 bridgehead atoms. The highest BCUT2D eigenvalue weighted by Crippen LogP contribution is 2.37. The zero-order valence-electron chi connectivity index (χ0n) is 17.7. The summed E-state index contributed by atoms with van der Waals surface area (Å²) in [5, 5.41) is 5.05. The molecule has 0 aliphatic rings. The molecule has 0 saturated heterocycles. The maximum atomic E-state index is 4.90. The Labute approximate surface area is 198 Å². The Morgan fingerprint density at radius 1 is 0.485 bits per heavy atom. The number of aromatic nitrogens is 3. The largest absolute Gasteiger partial charge is 0.213 e. The topological polar surface area (TPSA) is 38.7 Å². The predicted molar refractivity (Wildman–Crippen MR) is 141 cm³/mol. The van der Waals surface area contributed by atoms with E-state index in [1.54, 1.807) is 0 Å². The molecular formula is C28H17N3S2. The van der Waals surface area contributed by atoms with Crippen LogP contribution in [0.15, 0.2) is 84.9 Å². The van der Waals surface area contributed by atoms with Gasteiger partial charge < -0.3 is 0 Å². The molecule has 7 rings (SSSR count). The Morgan fingerprint density at radius 3 is 1.45 bits per heavy atom. The van der Waals surface area contributed by atoms with Gasteiger partial charge in [0.1, 0.15) is 5.82 Å². The molecule has 0 spiro atoms. The number of thiophene rings is 2. The number of rotatable bonds is 2. The Bertz CT molecular complexity index is 1710. The summed E-state index contributed by atoms with van der Waals surface area (Å²) in [4.78, 5) is 14.3. The Morgan fingerprint density at radius 2 is 0.939 bits per heavy atom. The van der Waals surface area contributed by atoms with Gasteiger partial charge in [-0.05, 0) is 55.5 Å². The Kier molecular flexibility index (Phi) is 4.10. The monoisotopic (exact) mass is 459 g/mol. The van der Waals surface area contributed by atoms with Crippen LogP contribution in [0.25, 0.3) is 63.1 Å². The molecule has 156 valence electrons. The van der Waals surface area contributed by atoms with Crippen LogP contribution in [0.5, 0.6) is 0 Å². The molecule has 0 saturated carbocycles. The first-order valence-electron chi connectivity index (χ1n) is 10.8. The van der Waals surface area contributed by atoms with Gasteiger partial charge in [-0.2, -0.15) is 0 Å². The number of nitrogens with zero attached hydrogens (tertiary/aromatic N) is 3. The van der Waals surface area contributed by atoms with Crippen molar-refractivity contribution >= 4 is 63.0 Å². The molecule has 0 aliphatic carbocycles. The molecule has 0 radical (unpaired) electrons. The fraction of sp³-hybridized carbons (Fsp3) is 0.0357. The van der Waals surface area contributed by atoms with E-state index in [0.29, 0.717) is 11.6 Å². The third-order valence-corrected chi connectivity index (χ3v) is 8.32. The van der Waals surface area contributed by atoms with Crippen molar-refractivity contribution in [2.24, 2.45) is 0 Å². The van der Waals surface area contributed by atoms with Crippen molar-refractivity contribution in [2.75, 3.05) is 0 Å². The highest BCUT2D eigenvalue weighted by Gasteiger charge is 2.13. The first-order valence-corrected chi connectivity index (χ1v) is 12.4. The van der Waals surface area contributed by atoms with E-state index in [0.717, 1.165) is 17.0 Å². The number of aryl methyl sites for hydroxylation is 1. The average molecular weight is 460 g/mol. The molecule has 0 unspecified atom stereocenters. The van der Waals surface area contributed by atoms with E-state index in [-0.39, 0.29) is 0 Å². The zero-order valence-corrected chi connectivity index (χ0v) is 19.4. The second-order valence-corrected chi connectivity index (χ2v) is 10.3. The number of hydrogen-bond donors (Lipinski definition) is 0. The van der Waals surface area contributed by atoms with E-state index in [9.17, 15) is 0 Å². The molecule has 0 N–H and O–H groups in total. The van der Waals surface area contributed by atoms with E-state index in [1.165, 1.54) is 40.3 Å². The molecule has 7 aromatic rings. The number of fused-ring (bicyclic) bond motifs is 6. The van der Waals surface area contributed by atoms with Gasteiger partial charge in [-0.1, -0.05) is 36.4 Å². The van der Waals surface area contributed by atoms with Gasteiger partial charge in [-0.3, -0.25) is 0 Å². The first kappa shape index (κ1) is 18.9. The summed E-state index contributed by atoms with van der Waals surface area (Å²) in [6, 6.07) is 30.1. The lowest BCUT2D eigenvalue weighted by Crippen LogP contribution is -1.99. The molecule has 3 aromatic heterocycles. The maximum absolute atomic E-state index is 4.90. The SMILES string of the molecule is Cc1nc(-c2ccc3sc4ccccc4c3c2)nc(-c2ccc3sc4ccccc4c3c2)n1. The van der Waals surface area contributed by atoms with Gasteiger partial charge in [0.2, 0.25) is 0 Å². The summed E-state index contributed by atoms with van der Waals surface area (Å²) >= 11 is 3.64. The van der Waals surface area contributed by atoms with Crippen molar-refractivity contribution in [3.63, 3.8) is 0 Å². The second-order valence-electron chi connectivity index (χ2n) is 8.15. The van der Waals surface area contributed by atoms with E-state index >= 15 is 0 Å². The minimum absolute atomic E-state index is 0.713. The lowest BCUT2D eigenvalue weighted by molar-refractivity contribution is 0.992. The van der Waals surface area contributed by atoms with Crippen molar-refractivity contribution in [2.45, 2.75) is 6.92 Å². The summed E-state index contributed by atoms with van der Waals surface area (Å²) < 4.78 is 5.16. The fourth-order valence-corrected chi connectivity index (χ4v) is 6.64. The maximum Gasteiger partial charge on any atom is 0.163 e. The Balaban J connectivity index is 1.39. The molecule has 4 aromatic carbocycles. The van der Waals surface area contributed by atoms with Crippen LogP contribution < -0.4 is 0 Å². The van der Waals surface area contributed by atoms with Crippen molar-refractivity contribution in [1.82, 2.24) is 15.0 Å². The second kappa shape index (κ2) is 7.17. The van der Waals surface area contributed by atoms with Crippen molar-refractivity contribution in [3.05, 3.63) is 90.8 Å². The number of benzene rings is 4. The fourth-order valence-electron chi connectivity index (χ4n) is 4.47. The molecule has 0 atom stereocenters. The molecule has 0 fully saturated rings. The van der Waals surface area contributed by atoms with Crippen LogP contribution in [-0.4, -0.2) is 15.0 Å². The molecular weight excluding hydrogens is 442 g/mol. The smallest absolute Gasteiger partial charge is 0.163 e. The zero-order chi connectivity index (χ0) is 21.9. The highest BCUT2D eigenvalue weighted by atomic mass is 32.1. The molecule has 3 heterocycles. The van der Waals surface area contributed by atoms with Gasteiger partial charge in [-0.15, -0.1) is 22.7 Å². The molecule has 3 nitrogen and oxygen atoms in total. The lowest BCUT2D eigenvalue weighted by atomic mass is 10.1. The van der Waals surface area contributed by atoms with Crippen LogP contribution >= 0.6 is 22.7 Å². The van der Waals surface area contributed by atoms with Crippen LogP contribution in [0.4, 0.5) is 0 Å². The summed E-state index contributed by atoms with van der Waals surface area (Å²) in [6.45, 7) is 1.94. The van der Waals surface area contributed by atoms with Gasteiger partial charge in [0.25, 0.3) is 0 Å². The minimum Gasteiger partial charge on any atom is -0.213 e. The summed E-state index contributed by atoms with van der Waals surface area (Å²) in [7, 11) is 0. The molecule has 5 heteroatoms. The standard InChI is InChI=1S/C28H17N3S2/c1-16-29-27(17-10-12-25-21(14-17)19-6-2-4-8-23(19)32-25)31-28(30-16)18-11-13-26-22(15-18)20-7-3-5-9-24(20)33-26/h2-15H,1H3. The van der Waals surface area contributed by atoms with Crippen LogP contribution in [0.2, 0.25) is 0 Å².